The molecule has 1 saturated heterocycles. The first kappa shape index (κ1) is 17.6. The van der Waals surface area contributed by atoms with Crippen LogP contribution in [0, 0.1) is 0 Å². The van der Waals surface area contributed by atoms with E-state index in [1.165, 1.54) is 6.07 Å². The van der Waals surface area contributed by atoms with Crippen LogP contribution >= 0.6 is 23.2 Å². The van der Waals surface area contributed by atoms with Crippen LogP contribution in [0.15, 0.2) is 48.7 Å². The molecule has 142 valence electrons. The predicted octanol–water partition coefficient (Wildman–Crippen LogP) is 4.74. The van der Waals surface area contributed by atoms with E-state index in [-0.39, 0.29) is 5.75 Å². The van der Waals surface area contributed by atoms with Crippen molar-refractivity contribution in [3.8, 4) is 16.9 Å². The fourth-order valence-electron chi connectivity index (χ4n) is 3.89. The van der Waals surface area contributed by atoms with Gasteiger partial charge in [0.25, 0.3) is 0 Å². The number of β-amino-alcohol motifs (C(OH)–C–C–N with tert-alkyl or cyclic N) is 1. The molecule has 3 heterocycles. The molecular weight excluding hydrogens is 397 g/mol. The molecule has 2 N–H and O–H groups in total. The Labute approximate surface area is 171 Å². The topological polar surface area (TPSA) is 61.0 Å². The molecule has 0 spiro atoms. The number of hydrogen-bond acceptors (Lipinski definition) is 4. The smallest absolute Gasteiger partial charge is 0.138 e. The number of phenols is 1. The zero-order valence-corrected chi connectivity index (χ0v) is 16.5. The summed E-state index contributed by atoms with van der Waals surface area (Å²) in [5, 5.41) is 21.1. The monoisotopic (exact) mass is 413 g/mol. The number of phenolic OH excluding ortho intramolecular Hbond substituents is 1. The van der Waals surface area contributed by atoms with Crippen molar-refractivity contribution in [2.24, 2.45) is 0 Å². The first-order valence-corrected chi connectivity index (χ1v) is 9.65. The predicted molar refractivity (Wildman–Crippen MR) is 113 cm³/mol. The summed E-state index contributed by atoms with van der Waals surface area (Å²) in [5.41, 5.74) is 4.16. The summed E-state index contributed by atoms with van der Waals surface area (Å²) in [7, 11) is 0. The van der Waals surface area contributed by atoms with Gasteiger partial charge in [-0.05, 0) is 48.9 Å². The number of anilines is 1. The molecule has 0 bridgehead atoms. The van der Waals surface area contributed by atoms with E-state index in [2.05, 4.69) is 4.90 Å². The zero-order chi connectivity index (χ0) is 19.6. The number of para-hydroxylation sites is 1. The van der Waals surface area contributed by atoms with E-state index in [1.807, 2.05) is 47.9 Å². The van der Waals surface area contributed by atoms with Gasteiger partial charge >= 0.3 is 0 Å². The number of benzene rings is 2. The molecule has 28 heavy (non-hydrogen) atoms. The van der Waals surface area contributed by atoms with E-state index < -0.39 is 5.60 Å². The van der Waals surface area contributed by atoms with Gasteiger partial charge in [-0.15, -0.1) is 0 Å². The van der Waals surface area contributed by atoms with E-state index in [1.54, 1.807) is 6.07 Å². The van der Waals surface area contributed by atoms with Crippen LogP contribution < -0.4 is 4.90 Å². The minimum atomic E-state index is -0.657. The van der Waals surface area contributed by atoms with Gasteiger partial charge in [0.05, 0.1) is 26.9 Å². The number of rotatable bonds is 2. The van der Waals surface area contributed by atoms with Crippen LogP contribution in [0.3, 0.4) is 0 Å². The Morgan fingerprint density at radius 2 is 1.89 bits per heavy atom. The molecule has 0 amide bonds. The lowest BCUT2D eigenvalue weighted by Gasteiger charge is -2.45. The number of fused-ring (bicyclic) bond motifs is 3. The molecule has 2 aromatic carbocycles. The molecule has 7 heteroatoms. The van der Waals surface area contributed by atoms with Crippen molar-refractivity contribution >= 4 is 45.6 Å². The summed E-state index contributed by atoms with van der Waals surface area (Å²) < 4.78 is 2.00. The second kappa shape index (κ2) is 6.01. The van der Waals surface area contributed by atoms with Crippen LogP contribution in [0.1, 0.15) is 6.92 Å². The number of aromatic nitrogens is 2. The highest BCUT2D eigenvalue weighted by molar-refractivity contribution is 6.44. The van der Waals surface area contributed by atoms with Gasteiger partial charge in [0.15, 0.2) is 0 Å². The second-order valence-electron chi connectivity index (χ2n) is 7.51. The lowest BCUT2D eigenvalue weighted by atomic mass is 9.96. The first-order chi connectivity index (χ1) is 13.3. The van der Waals surface area contributed by atoms with Crippen LogP contribution in [0.4, 0.5) is 5.69 Å². The number of aliphatic hydroxyl groups is 1. The van der Waals surface area contributed by atoms with Gasteiger partial charge < -0.3 is 15.1 Å². The molecule has 4 aromatic rings. The van der Waals surface area contributed by atoms with Crippen LogP contribution in [-0.2, 0) is 0 Å². The second-order valence-corrected chi connectivity index (χ2v) is 8.29. The molecule has 1 aliphatic heterocycles. The molecule has 0 atom stereocenters. The van der Waals surface area contributed by atoms with E-state index in [0.717, 1.165) is 27.9 Å². The molecule has 0 radical (unpaired) electrons. The summed E-state index contributed by atoms with van der Waals surface area (Å²) in [6, 6.07) is 12.9. The molecule has 5 rings (SSSR count). The number of pyridine rings is 1. The molecule has 0 saturated carbocycles. The quantitative estimate of drug-likeness (QED) is 0.498. The maximum atomic E-state index is 10.3. The van der Waals surface area contributed by atoms with Crippen molar-refractivity contribution in [1.29, 1.82) is 0 Å². The number of hydrogen-bond donors (Lipinski definition) is 2. The molecular formula is C21H17Cl2N3O2. The SMILES string of the molecule is CC1(O)CN(c2cccc3c2nc2cc(-c4c(O)ccc(Cl)c4Cl)ccn23)C1. The van der Waals surface area contributed by atoms with Gasteiger partial charge in [-0.2, -0.15) is 0 Å². The van der Waals surface area contributed by atoms with E-state index in [4.69, 9.17) is 28.2 Å². The van der Waals surface area contributed by atoms with Gasteiger partial charge in [-0.3, -0.25) is 4.40 Å². The van der Waals surface area contributed by atoms with E-state index >= 15 is 0 Å². The maximum absolute atomic E-state index is 10.3. The molecule has 1 fully saturated rings. The summed E-state index contributed by atoms with van der Waals surface area (Å²) in [6.07, 6.45) is 1.91. The standard InChI is InChI=1S/C21H17Cl2N3O2/c1-21(28)10-25(11-21)14-3-2-4-15-20(14)24-17-9-12(7-8-26(15)17)18-16(27)6-5-13(22)19(18)23/h2-9,27-28H,10-11H2,1H3. The summed E-state index contributed by atoms with van der Waals surface area (Å²) >= 11 is 12.5. The number of nitrogens with zero attached hydrogens (tertiary/aromatic N) is 3. The van der Waals surface area contributed by atoms with Crippen molar-refractivity contribution in [2.75, 3.05) is 18.0 Å². The Morgan fingerprint density at radius 1 is 1.11 bits per heavy atom. The van der Waals surface area contributed by atoms with Gasteiger partial charge in [0, 0.05) is 24.8 Å². The van der Waals surface area contributed by atoms with Crippen LogP contribution in [0.25, 0.3) is 27.8 Å². The lowest BCUT2D eigenvalue weighted by Crippen LogP contribution is -2.60. The number of halogens is 2. The van der Waals surface area contributed by atoms with Crippen molar-refractivity contribution in [2.45, 2.75) is 12.5 Å². The normalized spacial score (nSPS) is 15.9. The summed E-state index contributed by atoms with van der Waals surface area (Å²) in [6.45, 7) is 3.00. The summed E-state index contributed by atoms with van der Waals surface area (Å²) in [4.78, 5) is 6.94. The van der Waals surface area contributed by atoms with Gasteiger partial charge in [0.2, 0.25) is 0 Å². The minimum Gasteiger partial charge on any atom is -0.507 e. The molecule has 2 aromatic heterocycles. The lowest BCUT2D eigenvalue weighted by molar-refractivity contribution is 0.0312. The number of imidazole rings is 1. The Kier molecular flexibility index (Phi) is 3.78. The largest absolute Gasteiger partial charge is 0.507 e. The highest BCUT2D eigenvalue weighted by Gasteiger charge is 2.37. The van der Waals surface area contributed by atoms with Gasteiger partial charge in [-0.25, -0.2) is 4.98 Å². The van der Waals surface area contributed by atoms with Crippen molar-refractivity contribution < 1.29 is 10.2 Å². The highest BCUT2D eigenvalue weighted by Crippen LogP contribution is 2.41. The van der Waals surface area contributed by atoms with E-state index in [0.29, 0.717) is 28.7 Å². The van der Waals surface area contributed by atoms with Crippen LogP contribution in [0.2, 0.25) is 10.0 Å². The number of aromatic hydroxyl groups is 1. The highest BCUT2D eigenvalue weighted by atomic mass is 35.5. The Morgan fingerprint density at radius 3 is 2.64 bits per heavy atom. The average molecular weight is 414 g/mol. The van der Waals surface area contributed by atoms with Crippen molar-refractivity contribution in [3.63, 3.8) is 0 Å². The molecule has 1 aliphatic rings. The zero-order valence-electron chi connectivity index (χ0n) is 15.0. The molecule has 0 unspecified atom stereocenters. The van der Waals surface area contributed by atoms with Crippen LogP contribution in [-0.4, -0.2) is 38.3 Å². The van der Waals surface area contributed by atoms with Gasteiger partial charge in [-0.1, -0.05) is 29.3 Å². The summed E-state index contributed by atoms with van der Waals surface area (Å²) in [5.74, 6) is 0.0679. The third-order valence-electron chi connectivity index (χ3n) is 5.18. The van der Waals surface area contributed by atoms with Gasteiger partial charge in [0.1, 0.15) is 16.9 Å². The third kappa shape index (κ3) is 2.62. The molecule has 0 aliphatic carbocycles. The Hall–Kier alpha value is -2.47. The fourth-order valence-corrected chi connectivity index (χ4v) is 4.32. The minimum absolute atomic E-state index is 0.0679. The third-order valence-corrected chi connectivity index (χ3v) is 5.98. The maximum Gasteiger partial charge on any atom is 0.138 e. The van der Waals surface area contributed by atoms with E-state index in [9.17, 15) is 10.2 Å². The van der Waals surface area contributed by atoms with Crippen LogP contribution in [0.5, 0.6) is 5.75 Å². The first-order valence-electron chi connectivity index (χ1n) is 8.90. The average Bonchev–Trinajstić information content (AvgIpc) is 3.01. The Balaban J connectivity index is 1.68. The molecule has 5 nitrogen and oxygen atoms in total. The van der Waals surface area contributed by atoms with Crippen molar-refractivity contribution in [1.82, 2.24) is 9.38 Å². The Bertz CT molecular complexity index is 1240. The van der Waals surface area contributed by atoms with Crippen molar-refractivity contribution in [3.05, 3.63) is 58.7 Å². The fraction of sp³-hybridized carbons (Fsp3) is 0.190.